The molecule has 6 heteroatoms. The van der Waals surface area contributed by atoms with Crippen molar-refractivity contribution >= 4 is 29.2 Å². The number of thioether (sulfide) groups is 1. The lowest BCUT2D eigenvalue weighted by atomic mass is 10.1. The monoisotopic (exact) mass is 371 g/mol. The Morgan fingerprint density at radius 3 is 2.92 bits per heavy atom. The minimum atomic E-state index is -0.00829. The second kappa shape index (κ2) is 6.92. The smallest absolute Gasteiger partial charge is 0.252 e. The fourth-order valence-corrected chi connectivity index (χ4v) is 4.90. The zero-order valence-corrected chi connectivity index (χ0v) is 16.1. The third-order valence-electron chi connectivity index (χ3n) is 4.81. The van der Waals surface area contributed by atoms with Crippen LogP contribution < -0.4 is 16.3 Å². The van der Waals surface area contributed by atoms with E-state index in [9.17, 15) is 4.79 Å². The van der Waals surface area contributed by atoms with Gasteiger partial charge in [0, 0.05) is 16.2 Å². The van der Waals surface area contributed by atoms with E-state index >= 15 is 0 Å². The summed E-state index contributed by atoms with van der Waals surface area (Å²) in [4.78, 5) is 23.4. The zero-order chi connectivity index (χ0) is 17.4. The van der Waals surface area contributed by atoms with Gasteiger partial charge in [0.2, 0.25) is 0 Å². The summed E-state index contributed by atoms with van der Waals surface area (Å²) in [7, 11) is 0. The molecule has 2 aromatic heterocycles. The molecule has 0 atom stereocenters. The zero-order valence-electron chi connectivity index (χ0n) is 14.5. The average molecular weight is 372 g/mol. The van der Waals surface area contributed by atoms with Crippen LogP contribution in [0.3, 0.4) is 0 Å². The van der Waals surface area contributed by atoms with Crippen molar-refractivity contribution in [1.29, 1.82) is 0 Å². The minimum Gasteiger partial charge on any atom is -0.287 e. The van der Waals surface area contributed by atoms with Crippen molar-refractivity contribution in [3.8, 4) is 0 Å². The van der Waals surface area contributed by atoms with Crippen LogP contribution in [0.4, 0.5) is 0 Å². The molecule has 1 saturated carbocycles. The molecule has 0 saturated heterocycles. The molecule has 1 aliphatic carbocycles. The Hall–Kier alpha value is -1.66. The van der Waals surface area contributed by atoms with Crippen molar-refractivity contribution in [3.05, 3.63) is 59.9 Å². The van der Waals surface area contributed by atoms with E-state index in [4.69, 9.17) is 4.99 Å². The lowest BCUT2D eigenvalue weighted by Gasteiger charge is -2.08. The first-order valence-electron chi connectivity index (χ1n) is 8.68. The maximum absolute atomic E-state index is 12.6. The van der Waals surface area contributed by atoms with Crippen LogP contribution in [-0.2, 0) is 6.54 Å². The van der Waals surface area contributed by atoms with Gasteiger partial charge in [0.05, 0.1) is 22.8 Å². The van der Waals surface area contributed by atoms with Gasteiger partial charge < -0.3 is 0 Å². The number of nitrogens with zero attached hydrogens (tertiary/aromatic N) is 3. The molecule has 0 aromatic carbocycles. The molecule has 0 spiro atoms. The maximum atomic E-state index is 12.6. The van der Waals surface area contributed by atoms with E-state index in [2.05, 4.69) is 24.2 Å². The van der Waals surface area contributed by atoms with Crippen molar-refractivity contribution in [1.82, 2.24) is 9.55 Å². The Labute approximate surface area is 155 Å². The van der Waals surface area contributed by atoms with Crippen LogP contribution in [0.25, 0.3) is 6.08 Å². The van der Waals surface area contributed by atoms with Gasteiger partial charge in [-0.3, -0.25) is 9.36 Å². The van der Waals surface area contributed by atoms with Crippen molar-refractivity contribution in [2.24, 2.45) is 4.99 Å². The summed E-state index contributed by atoms with van der Waals surface area (Å²) >= 11 is 3.38. The molecular weight excluding hydrogens is 350 g/mol. The van der Waals surface area contributed by atoms with Crippen LogP contribution in [0.15, 0.2) is 38.0 Å². The molecule has 0 amide bonds. The molecule has 1 fully saturated rings. The van der Waals surface area contributed by atoms with Gasteiger partial charge in [0.1, 0.15) is 5.49 Å². The number of aromatic nitrogens is 2. The van der Waals surface area contributed by atoms with Gasteiger partial charge in [0.25, 0.3) is 5.56 Å². The summed E-state index contributed by atoms with van der Waals surface area (Å²) < 4.78 is 1.79. The highest BCUT2D eigenvalue weighted by Gasteiger charge is 2.28. The summed E-state index contributed by atoms with van der Waals surface area (Å²) in [6.07, 6.45) is 8.61. The van der Waals surface area contributed by atoms with E-state index in [-0.39, 0.29) is 5.56 Å². The lowest BCUT2D eigenvalue weighted by Crippen LogP contribution is -2.43. The second-order valence-electron chi connectivity index (χ2n) is 6.46. The van der Waals surface area contributed by atoms with E-state index < -0.39 is 0 Å². The predicted molar refractivity (Wildman–Crippen MR) is 105 cm³/mol. The van der Waals surface area contributed by atoms with Crippen LogP contribution in [0.1, 0.15) is 49.1 Å². The van der Waals surface area contributed by atoms with Gasteiger partial charge in [-0.25, -0.2) is 9.98 Å². The number of pyridine rings is 1. The first-order valence-corrected chi connectivity index (χ1v) is 10.8. The Morgan fingerprint density at radius 2 is 2.20 bits per heavy atom. The Kier molecular flexibility index (Phi) is 4.65. The quantitative estimate of drug-likeness (QED) is 0.812. The predicted octanol–water partition coefficient (Wildman–Crippen LogP) is 3.02. The van der Waals surface area contributed by atoms with E-state index in [1.807, 2.05) is 11.6 Å². The minimum absolute atomic E-state index is 0.00829. The van der Waals surface area contributed by atoms with Crippen molar-refractivity contribution in [2.45, 2.75) is 45.1 Å². The Balaban J connectivity index is 1.87. The Bertz CT molecular complexity index is 1010. The normalized spacial score (nSPS) is 16.9. The van der Waals surface area contributed by atoms with Crippen LogP contribution in [0.2, 0.25) is 0 Å². The first-order chi connectivity index (χ1) is 12.2. The van der Waals surface area contributed by atoms with Gasteiger partial charge in [-0.05, 0) is 49.5 Å². The lowest BCUT2D eigenvalue weighted by molar-refractivity contribution is 0.690. The van der Waals surface area contributed by atoms with Gasteiger partial charge in [-0.2, -0.15) is 0 Å². The van der Waals surface area contributed by atoms with Gasteiger partial charge in [-0.15, -0.1) is 23.1 Å². The molecule has 25 heavy (non-hydrogen) atoms. The third-order valence-corrected chi connectivity index (χ3v) is 6.61. The van der Waals surface area contributed by atoms with Crippen molar-refractivity contribution in [2.75, 3.05) is 6.26 Å². The fourth-order valence-electron chi connectivity index (χ4n) is 3.23. The van der Waals surface area contributed by atoms with E-state index in [1.165, 1.54) is 23.3 Å². The summed E-state index contributed by atoms with van der Waals surface area (Å²) in [5.41, 5.74) is 5.03. The first kappa shape index (κ1) is 16.8. The van der Waals surface area contributed by atoms with Crippen molar-refractivity contribution < 1.29 is 0 Å². The van der Waals surface area contributed by atoms with Gasteiger partial charge in [-0.1, -0.05) is 13.0 Å². The highest BCUT2D eigenvalue weighted by molar-refractivity contribution is 8.02. The molecule has 4 nitrogen and oxygen atoms in total. The molecule has 130 valence electrons. The second-order valence-corrected chi connectivity index (χ2v) is 8.14. The van der Waals surface area contributed by atoms with Crippen LogP contribution in [0, 0.1) is 0 Å². The van der Waals surface area contributed by atoms with Gasteiger partial charge in [0.15, 0.2) is 0 Å². The number of thiazole rings is 1. The number of hydrogen-bond donors (Lipinski definition) is 0. The number of rotatable bonds is 5. The largest absolute Gasteiger partial charge is 0.287 e. The Morgan fingerprint density at radius 1 is 1.36 bits per heavy atom. The standard InChI is InChI=1S/C19H21N3OS2/c1-3-12-4-7-14-8-9-16(23)22(18(14)21-19(12)24-2)10-15-17(13-5-6-13)25-11-20-15/h7-9,11,13H,3-6,10H2,1-2H3. The molecule has 4 rings (SSSR count). The molecule has 0 bridgehead atoms. The number of hydrogen-bond acceptors (Lipinski definition) is 5. The molecule has 2 aromatic rings. The van der Waals surface area contributed by atoms with E-state index in [0.29, 0.717) is 12.5 Å². The van der Waals surface area contributed by atoms with Crippen LogP contribution >= 0.6 is 23.1 Å². The van der Waals surface area contributed by atoms with E-state index in [0.717, 1.165) is 34.3 Å². The fraction of sp³-hybridized carbons (Fsp3) is 0.421. The average Bonchev–Trinajstić information content (AvgIpc) is 3.39. The highest BCUT2D eigenvalue weighted by Crippen LogP contribution is 2.43. The van der Waals surface area contributed by atoms with Crippen LogP contribution in [0.5, 0.6) is 0 Å². The van der Waals surface area contributed by atoms with Crippen molar-refractivity contribution in [3.63, 3.8) is 0 Å². The highest BCUT2D eigenvalue weighted by atomic mass is 32.2. The van der Waals surface area contributed by atoms with Gasteiger partial charge >= 0.3 is 0 Å². The molecule has 0 radical (unpaired) electrons. The molecule has 3 heterocycles. The number of fused-ring (bicyclic) bond motifs is 1. The molecule has 0 N–H and O–H groups in total. The third kappa shape index (κ3) is 3.25. The summed E-state index contributed by atoms with van der Waals surface area (Å²) in [6, 6.07) is 3.56. The van der Waals surface area contributed by atoms with E-state index in [1.54, 1.807) is 33.7 Å². The summed E-state index contributed by atoms with van der Waals surface area (Å²) in [5, 5.41) is 2.08. The summed E-state index contributed by atoms with van der Waals surface area (Å²) in [5.74, 6) is 0.650. The molecular formula is C19H21N3OS2. The SMILES string of the molecule is CCC1=C(SC)N=c2c(ccc(=O)n2Cc2ncsc2C2CC2)=CC1. The molecule has 0 unspecified atom stereocenters. The summed E-state index contributed by atoms with van der Waals surface area (Å²) in [6.45, 7) is 2.67. The molecule has 1 aliphatic heterocycles. The van der Waals surface area contributed by atoms with Crippen LogP contribution in [-0.4, -0.2) is 15.8 Å². The number of allylic oxidation sites excluding steroid dienone is 1. The maximum Gasteiger partial charge on any atom is 0.252 e. The molecule has 2 aliphatic rings. The topological polar surface area (TPSA) is 47.2 Å².